The molecule has 11 aliphatic heterocycles. The van der Waals surface area contributed by atoms with Gasteiger partial charge in [-0.2, -0.15) is 0 Å². The maximum absolute atomic E-state index is 13.8. The van der Waals surface area contributed by atoms with Crippen molar-refractivity contribution in [2.45, 2.75) is 372 Å². The molecule has 11 heterocycles. The van der Waals surface area contributed by atoms with Gasteiger partial charge in [-0.15, -0.1) is 0 Å². The molecule has 59 nitrogen and oxygen atoms in total. The quantitative estimate of drug-likeness (QED) is 0.0284. The van der Waals surface area contributed by atoms with E-state index < -0.39 is 427 Å². The van der Waals surface area contributed by atoms with Crippen LogP contribution in [0.1, 0.15) is 34.6 Å². The molecule has 11 aliphatic rings. The number of aliphatic hydroxyl groups is 30. The third-order valence-electron chi connectivity index (χ3n) is 24.5. The first kappa shape index (κ1) is 109. The summed E-state index contributed by atoms with van der Waals surface area (Å²) in [7, 11) is 0. The van der Waals surface area contributed by atoms with Gasteiger partial charge in [-0.1, -0.05) is 0 Å². The lowest BCUT2D eigenvalue weighted by molar-refractivity contribution is -0.411. The molecule has 55 atom stereocenters. The number of carbonyl (C=O) groups is 4. The highest BCUT2D eigenvalue weighted by molar-refractivity contribution is 5.74. The molecule has 770 valence electrons. The molecule has 0 saturated carbocycles. The third-order valence-corrected chi connectivity index (χ3v) is 24.5. The van der Waals surface area contributed by atoms with E-state index in [1.165, 1.54) is 6.92 Å². The van der Waals surface area contributed by atoms with Gasteiger partial charge in [-0.3, -0.25) is 19.2 Å². The summed E-state index contributed by atoms with van der Waals surface area (Å²) in [5.41, 5.74) is 0. The summed E-state index contributed by atoms with van der Waals surface area (Å²) in [5.74, 6) is -3.99. The van der Waals surface area contributed by atoms with Crippen LogP contribution in [0.25, 0.3) is 0 Å². The van der Waals surface area contributed by atoms with Crippen LogP contribution >= 0.6 is 0 Å². The zero-order valence-electron chi connectivity index (χ0n) is 71.4. The van der Waals surface area contributed by atoms with Gasteiger partial charge in [0.1, 0.15) is 262 Å². The van der Waals surface area contributed by atoms with Gasteiger partial charge in [0.25, 0.3) is 0 Å². The fourth-order valence-electron chi connectivity index (χ4n) is 17.3. The van der Waals surface area contributed by atoms with E-state index in [0.29, 0.717) is 0 Å². The second kappa shape index (κ2) is 47.6. The van der Waals surface area contributed by atoms with Crippen LogP contribution in [-0.4, -0.2) is 580 Å². The Kier molecular flexibility index (Phi) is 39.1. The van der Waals surface area contributed by atoms with Crippen LogP contribution in [0.5, 0.6) is 0 Å². The summed E-state index contributed by atoms with van der Waals surface area (Å²) in [6, 6.07) is -8.06. The van der Waals surface area contributed by atoms with Crippen LogP contribution in [-0.2, 0) is 119 Å². The first-order valence-corrected chi connectivity index (χ1v) is 42.5. The van der Waals surface area contributed by atoms with E-state index in [4.69, 9.17) is 99.5 Å². The number of hydrogen-bond donors (Lipinski definition) is 34. The normalized spacial score (nSPS) is 50.1. The Balaban J connectivity index is 1.05. The number of hydrogen-bond acceptors (Lipinski definition) is 55. The van der Waals surface area contributed by atoms with Crippen LogP contribution in [0.15, 0.2) is 0 Å². The lowest BCUT2D eigenvalue weighted by atomic mass is 9.93. The first-order valence-electron chi connectivity index (χ1n) is 42.5. The Morgan fingerprint density at radius 3 is 0.977 bits per heavy atom. The zero-order chi connectivity index (χ0) is 97.8. The third kappa shape index (κ3) is 24.1. The smallest absolute Gasteiger partial charge is 0.217 e. The van der Waals surface area contributed by atoms with Gasteiger partial charge in [0.05, 0.1) is 72.2 Å². The second-order valence-electron chi connectivity index (χ2n) is 33.8. The number of aliphatic hydroxyl groups excluding tert-OH is 30. The highest BCUT2D eigenvalue weighted by atomic mass is 16.8. The molecule has 0 aromatic heterocycles. The molecule has 0 aromatic rings. The Labute approximate surface area is 752 Å². The van der Waals surface area contributed by atoms with Crippen molar-refractivity contribution in [3.8, 4) is 0 Å². The number of rotatable bonds is 34. The summed E-state index contributed by atoms with van der Waals surface area (Å²) in [6.07, 6.45) is -113. The van der Waals surface area contributed by atoms with Crippen molar-refractivity contribution >= 4 is 23.6 Å². The number of amides is 4. The zero-order valence-corrected chi connectivity index (χ0v) is 71.4. The van der Waals surface area contributed by atoms with E-state index in [1.807, 2.05) is 0 Å². The van der Waals surface area contributed by atoms with E-state index >= 15 is 0 Å². The monoisotopic (exact) mass is 1950 g/mol. The second-order valence-corrected chi connectivity index (χ2v) is 33.8. The van der Waals surface area contributed by atoms with E-state index in [0.717, 1.165) is 27.7 Å². The van der Waals surface area contributed by atoms with Crippen molar-refractivity contribution in [1.82, 2.24) is 21.3 Å². The van der Waals surface area contributed by atoms with Gasteiger partial charge in [-0.05, 0) is 6.92 Å². The molecule has 11 rings (SSSR count). The van der Waals surface area contributed by atoms with Gasteiger partial charge < -0.3 is 274 Å². The number of ether oxygens (including phenoxy) is 21. The maximum Gasteiger partial charge on any atom is 0.217 e. The van der Waals surface area contributed by atoms with Crippen molar-refractivity contribution in [2.24, 2.45) is 0 Å². The Bertz CT molecular complexity index is 3630. The highest BCUT2D eigenvalue weighted by Crippen LogP contribution is 2.43. The molecule has 11 saturated heterocycles. The van der Waals surface area contributed by atoms with Crippen LogP contribution in [0.3, 0.4) is 0 Å². The topological polar surface area (TPSA) is 917 Å². The summed E-state index contributed by atoms with van der Waals surface area (Å²) in [4.78, 5) is 52.7. The molecule has 0 bridgehead atoms. The summed E-state index contributed by atoms with van der Waals surface area (Å²) >= 11 is 0. The van der Waals surface area contributed by atoms with Gasteiger partial charge in [0.15, 0.2) is 69.2 Å². The summed E-state index contributed by atoms with van der Waals surface area (Å²) in [5, 5.41) is 348. The van der Waals surface area contributed by atoms with Crippen molar-refractivity contribution < 1.29 is 272 Å². The van der Waals surface area contributed by atoms with Gasteiger partial charge in [-0.25, -0.2) is 0 Å². The Morgan fingerprint density at radius 1 is 0.211 bits per heavy atom. The fourth-order valence-corrected chi connectivity index (χ4v) is 17.3. The SMILES string of the molecule is CC(=O)N[C@H]1[C@H](O[C@H]2[C@H](O)[C@@H](NC(C)=O)C(O)O[C@@H]2CO)O[C@H](CO)[C@@H](O[C@@H]2O[C@H](CO[C@H]3O[C@H](CO[C@H]4O[C@H](CO)[C@@H](O)[C@H](O)[C@@H]4O)[C@@H](O)[C@H](O[C@H]4O[C@H](CO)[C@@H](O)[C@H](O)[C@@H]4O)[C@@H]3O)[C@@H](O[C@@H]3O[C@H](CO)[C@@H](O)[C@H](O)[C@H]3NC(C)=O)[C@H](O[C@H]3O[C@H](CO)[C@@H](O)[C@H](O)[C@@H]3O[C@@H]3O[C@H](CO)[C@@H](O[C@@H]4O[C@H](CO)[C@H](O)[C@H](O)[C@H]4O)[C@H](O[C@@H]4O[C@@H](C)[C@@H](O)[C@@H](O)[C@@H]4O)[C@H]3NC(C)=O)[C@@H]2O)[C@@H]1O. The lowest BCUT2D eigenvalue weighted by Gasteiger charge is -2.53. The summed E-state index contributed by atoms with van der Waals surface area (Å²) in [6.45, 7) is -7.12. The summed E-state index contributed by atoms with van der Waals surface area (Å²) < 4.78 is 128. The van der Waals surface area contributed by atoms with Crippen molar-refractivity contribution in [3.05, 3.63) is 0 Å². The molecule has 59 heteroatoms. The van der Waals surface area contributed by atoms with E-state index in [2.05, 4.69) is 21.3 Å². The lowest BCUT2D eigenvalue weighted by Crippen LogP contribution is -2.72. The minimum absolute atomic E-state index is 0.839. The number of carbonyl (C=O) groups excluding carboxylic acids is 4. The van der Waals surface area contributed by atoms with Crippen molar-refractivity contribution in [3.63, 3.8) is 0 Å². The molecule has 4 amide bonds. The van der Waals surface area contributed by atoms with E-state index in [9.17, 15) is 172 Å². The predicted molar refractivity (Wildman–Crippen MR) is 407 cm³/mol. The first-order chi connectivity index (χ1) is 62.9. The Hall–Kier alpha value is -4.16. The van der Waals surface area contributed by atoms with Gasteiger partial charge in [0.2, 0.25) is 23.6 Å². The van der Waals surface area contributed by atoms with Crippen molar-refractivity contribution in [2.75, 3.05) is 66.1 Å². The molecular formula is C74H124N4O55. The minimum atomic E-state index is -2.84. The fraction of sp³-hybridized carbons (Fsp3) is 0.946. The number of nitrogens with one attached hydrogen (secondary N) is 4. The van der Waals surface area contributed by atoms with Crippen molar-refractivity contribution in [1.29, 1.82) is 0 Å². The molecule has 11 fully saturated rings. The highest BCUT2D eigenvalue weighted by Gasteiger charge is 2.63. The largest absolute Gasteiger partial charge is 0.394 e. The van der Waals surface area contributed by atoms with Gasteiger partial charge >= 0.3 is 0 Å². The van der Waals surface area contributed by atoms with Crippen LogP contribution < -0.4 is 21.3 Å². The minimum Gasteiger partial charge on any atom is -0.394 e. The maximum atomic E-state index is 13.8. The molecule has 34 N–H and O–H groups in total. The van der Waals surface area contributed by atoms with Crippen LogP contribution in [0.2, 0.25) is 0 Å². The molecule has 0 aliphatic carbocycles. The van der Waals surface area contributed by atoms with Gasteiger partial charge in [0, 0.05) is 27.7 Å². The standard InChI is InChI=1S/C74H124N4O55/c1-16-35(91)45(101)51(107)70(115-16)130-60-34(78-20(5)90)67(123-28(13-86)58(60)129-71-52(108)47(103)38(94)23(8-81)119-71)133-63-49(105)40(96)25(10-83)121-74(63)132-62-55(111)73(127-57-27(12-85)122-66(33(44(57)100)77-19(4)89)126-56-26(11-84)116-64(112)31(43(56)99)75-17(2)87)125-30(59(62)128-65-32(76-18(3)88)42(98)36(92)21(6-79)117-65)15-114-69-54(110)61(131-72-53(109)48(104)39(95)24(9-82)120-72)41(97)29(124-69)14-113-68-50(106)46(102)37(93)22(7-80)118-68/h16,21-74,79-86,91-112H,6-15H2,1-5H3,(H,75,87)(H,76,88)(H,77,89)(H,78,90)/t16-,21+,22+,23+,24+,25+,26+,27+,28+,29+,30+,31+,32+,33+,34+,35+,36+,37+,38-,39+,40+,41+,42+,43+,44+,45+,46-,47-,48-,49-,50-,51-,52+,53-,54-,55-,56+,57+,58+,59+,60+,61-,62+,63-,64?,65-,66-,67-,68-,69-,70-,71-,72+,73-,74+/m0/s1. The average molecular weight is 1950 g/mol. The van der Waals surface area contributed by atoms with E-state index in [-0.39, 0.29) is 0 Å². The molecule has 0 radical (unpaired) electrons. The van der Waals surface area contributed by atoms with Crippen LogP contribution in [0, 0.1) is 0 Å². The molecule has 133 heavy (non-hydrogen) atoms. The van der Waals surface area contributed by atoms with Crippen LogP contribution in [0.4, 0.5) is 0 Å². The Morgan fingerprint density at radius 2 is 0.489 bits per heavy atom. The molecule has 1 unspecified atom stereocenters. The molecule has 0 aromatic carbocycles. The molecular weight excluding hydrogens is 1820 g/mol. The molecule has 0 spiro atoms. The van der Waals surface area contributed by atoms with E-state index in [1.54, 1.807) is 0 Å². The average Bonchev–Trinajstić information content (AvgIpc) is 0.750. The predicted octanol–water partition coefficient (Wildman–Crippen LogP) is -23.4.